The molecule has 28 heavy (non-hydrogen) atoms. The second-order valence-electron chi connectivity index (χ2n) is 7.19. The Morgan fingerprint density at radius 3 is 2.57 bits per heavy atom. The van der Waals surface area contributed by atoms with E-state index in [0.29, 0.717) is 19.8 Å². The number of likely N-dealkylation sites (tertiary alicyclic amines) is 1. The molecule has 6 nitrogen and oxygen atoms in total. The van der Waals surface area contributed by atoms with Gasteiger partial charge in [-0.05, 0) is 50.4 Å². The van der Waals surface area contributed by atoms with Gasteiger partial charge in [0.25, 0.3) is 0 Å². The minimum Gasteiger partial charge on any atom is -0.382 e. The van der Waals surface area contributed by atoms with Gasteiger partial charge in [0.1, 0.15) is 0 Å². The maximum absolute atomic E-state index is 5.50. The van der Waals surface area contributed by atoms with Gasteiger partial charge in [-0.1, -0.05) is 30.7 Å². The normalized spacial score (nSPS) is 15.6. The van der Waals surface area contributed by atoms with Crippen molar-refractivity contribution in [2.24, 2.45) is 4.99 Å². The molecule has 1 aliphatic rings. The number of nitrogens with one attached hydrogen (secondary N) is 2. The van der Waals surface area contributed by atoms with Crippen molar-refractivity contribution in [3.63, 3.8) is 0 Å². The molecule has 0 aromatic heterocycles. The van der Waals surface area contributed by atoms with Crippen molar-refractivity contribution in [2.75, 3.05) is 53.1 Å². The van der Waals surface area contributed by atoms with Gasteiger partial charge in [0, 0.05) is 33.4 Å². The number of benzene rings is 1. The molecule has 1 saturated heterocycles. The summed E-state index contributed by atoms with van der Waals surface area (Å²) in [6, 6.07) is 8.70. The van der Waals surface area contributed by atoms with Crippen LogP contribution in [0.15, 0.2) is 29.3 Å². The minimum atomic E-state index is 0.647. The van der Waals surface area contributed by atoms with Crippen molar-refractivity contribution in [1.29, 1.82) is 0 Å². The first-order valence-electron chi connectivity index (χ1n) is 10.7. The molecule has 1 aromatic rings. The first-order chi connectivity index (χ1) is 13.8. The number of rotatable bonds is 12. The van der Waals surface area contributed by atoms with Crippen molar-refractivity contribution in [2.45, 2.75) is 45.7 Å². The number of hydrogen-bond acceptors (Lipinski definition) is 4. The maximum atomic E-state index is 5.50. The molecule has 2 N–H and O–H groups in total. The maximum Gasteiger partial charge on any atom is 0.191 e. The molecule has 0 radical (unpaired) electrons. The van der Waals surface area contributed by atoms with Gasteiger partial charge < -0.3 is 20.1 Å². The Balaban J connectivity index is 1.82. The predicted molar refractivity (Wildman–Crippen MR) is 116 cm³/mol. The number of methoxy groups -OCH3 is 1. The lowest BCUT2D eigenvalue weighted by Gasteiger charge is -2.27. The highest BCUT2D eigenvalue weighted by molar-refractivity contribution is 5.79. The minimum absolute atomic E-state index is 0.647. The topological polar surface area (TPSA) is 58.1 Å². The molecule has 0 saturated carbocycles. The van der Waals surface area contributed by atoms with E-state index in [9.17, 15) is 0 Å². The quantitative estimate of drug-likeness (QED) is 0.327. The van der Waals surface area contributed by atoms with E-state index < -0.39 is 0 Å². The van der Waals surface area contributed by atoms with E-state index in [2.05, 4.69) is 46.7 Å². The molecule has 6 heteroatoms. The summed E-state index contributed by atoms with van der Waals surface area (Å²) in [6.07, 6.45) is 4.96. The zero-order chi connectivity index (χ0) is 19.9. The lowest BCUT2D eigenvalue weighted by molar-refractivity contribution is 0.0698. The Kier molecular flexibility index (Phi) is 11.6. The standard InChI is InChI=1S/C22H38N4O2/c1-3-23-22(24-12-9-15-28-17-16-27-2)25-18-20-10-5-6-11-21(20)19-26-13-7-4-8-14-26/h5-6,10-11H,3-4,7-9,12-19H2,1-2H3,(H2,23,24,25). The molecule has 0 spiro atoms. The average Bonchev–Trinajstić information content (AvgIpc) is 2.73. The lowest BCUT2D eigenvalue weighted by Crippen LogP contribution is -2.38. The van der Waals surface area contributed by atoms with Crippen molar-refractivity contribution >= 4 is 5.96 Å². The first-order valence-corrected chi connectivity index (χ1v) is 10.7. The van der Waals surface area contributed by atoms with Crippen LogP contribution in [0, 0.1) is 0 Å². The molecular formula is C22H38N4O2. The van der Waals surface area contributed by atoms with E-state index in [0.717, 1.165) is 38.6 Å². The van der Waals surface area contributed by atoms with Crippen LogP contribution in [0.2, 0.25) is 0 Å². The summed E-state index contributed by atoms with van der Waals surface area (Å²) in [6.45, 7) is 9.98. The second kappa shape index (κ2) is 14.4. The Labute approximate surface area is 170 Å². The van der Waals surface area contributed by atoms with Crippen LogP contribution in [0.1, 0.15) is 43.7 Å². The van der Waals surface area contributed by atoms with Crippen LogP contribution in [0.25, 0.3) is 0 Å². The van der Waals surface area contributed by atoms with Gasteiger partial charge in [0.2, 0.25) is 0 Å². The van der Waals surface area contributed by atoms with E-state index in [1.165, 1.54) is 43.5 Å². The van der Waals surface area contributed by atoms with Gasteiger partial charge in [-0.25, -0.2) is 4.99 Å². The van der Waals surface area contributed by atoms with E-state index in [-0.39, 0.29) is 0 Å². The first kappa shape index (κ1) is 22.7. The lowest BCUT2D eigenvalue weighted by atomic mass is 10.1. The third-order valence-corrected chi connectivity index (χ3v) is 4.90. The van der Waals surface area contributed by atoms with E-state index in [4.69, 9.17) is 14.5 Å². The molecule has 0 unspecified atom stereocenters. The molecule has 0 aliphatic carbocycles. The third-order valence-electron chi connectivity index (χ3n) is 4.90. The molecule has 0 amide bonds. The fraction of sp³-hybridized carbons (Fsp3) is 0.682. The number of nitrogens with zero attached hydrogens (tertiary/aromatic N) is 2. The number of aliphatic imine (C=N–C) groups is 1. The third kappa shape index (κ3) is 9.04. The van der Waals surface area contributed by atoms with Crippen LogP contribution in [0.3, 0.4) is 0 Å². The predicted octanol–water partition coefficient (Wildman–Crippen LogP) is 2.78. The molecule has 0 bridgehead atoms. The summed E-state index contributed by atoms with van der Waals surface area (Å²) >= 11 is 0. The van der Waals surface area contributed by atoms with E-state index >= 15 is 0 Å². The molecule has 0 atom stereocenters. The second-order valence-corrected chi connectivity index (χ2v) is 7.19. The Morgan fingerprint density at radius 2 is 1.82 bits per heavy atom. The number of piperidine rings is 1. The van der Waals surface area contributed by atoms with Crippen LogP contribution < -0.4 is 10.6 Å². The summed E-state index contributed by atoms with van der Waals surface area (Å²) in [5, 5.41) is 6.73. The van der Waals surface area contributed by atoms with Crippen LogP contribution in [-0.2, 0) is 22.6 Å². The van der Waals surface area contributed by atoms with Gasteiger partial charge in [0.15, 0.2) is 5.96 Å². The van der Waals surface area contributed by atoms with Crippen molar-refractivity contribution in [3.05, 3.63) is 35.4 Å². The van der Waals surface area contributed by atoms with Gasteiger partial charge in [-0.3, -0.25) is 4.90 Å². The van der Waals surface area contributed by atoms with E-state index in [1.807, 2.05) is 0 Å². The number of guanidine groups is 1. The van der Waals surface area contributed by atoms with Crippen molar-refractivity contribution < 1.29 is 9.47 Å². The fourth-order valence-electron chi connectivity index (χ4n) is 3.36. The summed E-state index contributed by atoms with van der Waals surface area (Å²) in [4.78, 5) is 7.37. The van der Waals surface area contributed by atoms with Gasteiger partial charge in [-0.15, -0.1) is 0 Å². The monoisotopic (exact) mass is 390 g/mol. The van der Waals surface area contributed by atoms with Gasteiger partial charge >= 0.3 is 0 Å². The zero-order valence-electron chi connectivity index (χ0n) is 17.7. The van der Waals surface area contributed by atoms with Crippen LogP contribution in [0.4, 0.5) is 0 Å². The molecule has 1 fully saturated rings. The van der Waals surface area contributed by atoms with Crippen LogP contribution >= 0.6 is 0 Å². The van der Waals surface area contributed by atoms with Crippen LogP contribution in [-0.4, -0.2) is 64.0 Å². The highest BCUT2D eigenvalue weighted by atomic mass is 16.5. The van der Waals surface area contributed by atoms with Crippen molar-refractivity contribution in [3.8, 4) is 0 Å². The summed E-state index contributed by atoms with van der Waals surface area (Å²) in [5.41, 5.74) is 2.71. The highest BCUT2D eigenvalue weighted by Crippen LogP contribution is 2.16. The van der Waals surface area contributed by atoms with Crippen molar-refractivity contribution in [1.82, 2.24) is 15.5 Å². The van der Waals surface area contributed by atoms with E-state index in [1.54, 1.807) is 7.11 Å². The summed E-state index contributed by atoms with van der Waals surface area (Å²) < 4.78 is 10.5. The van der Waals surface area contributed by atoms with Gasteiger partial charge in [0.05, 0.1) is 19.8 Å². The SMILES string of the molecule is CCNC(=NCc1ccccc1CN1CCCCC1)NCCCOCCOC. The fourth-order valence-corrected chi connectivity index (χ4v) is 3.36. The zero-order valence-corrected chi connectivity index (χ0v) is 17.7. The number of hydrogen-bond donors (Lipinski definition) is 2. The Bertz CT molecular complexity index is 559. The molecule has 158 valence electrons. The Morgan fingerprint density at radius 1 is 1.04 bits per heavy atom. The van der Waals surface area contributed by atoms with Gasteiger partial charge in [-0.2, -0.15) is 0 Å². The largest absolute Gasteiger partial charge is 0.382 e. The average molecular weight is 391 g/mol. The Hall–Kier alpha value is -1.63. The smallest absolute Gasteiger partial charge is 0.191 e. The number of ether oxygens (including phenoxy) is 2. The highest BCUT2D eigenvalue weighted by Gasteiger charge is 2.12. The molecule has 2 rings (SSSR count). The molecule has 1 heterocycles. The summed E-state index contributed by atoms with van der Waals surface area (Å²) in [5.74, 6) is 0.868. The summed E-state index contributed by atoms with van der Waals surface area (Å²) in [7, 11) is 1.69. The molecular weight excluding hydrogens is 352 g/mol. The molecule has 1 aromatic carbocycles. The molecule has 1 aliphatic heterocycles. The van der Waals surface area contributed by atoms with Crippen LogP contribution in [0.5, 0.6) is 0 Å².